The molecule has 5 rings (SSSR count). The summed E-state index contributed by atoms with van der Waals surface area (Å²) in [5.41, 5.74) is 0.288. The van der Waals surface area contributed by atoms with E-state index < -0.39 is 20.1 Å². The van der Waals surface area contributed by atoms with Crippen LogP contribution in [0.4, 0.5) is 0 Å². The summed E-state index contributed by atoms with van der Waals surface area (Å²) in [7, 11) is -4.69. The normalized spacial score (nSPS) is 12.6. The van der Waals surface area contributed by atoms with Crippen molar-refractivity contribution in [2.75, 3.05) is 0 Å². The maximum absolute atomic E-state index is 13.6. The average Bonchev–Trinajstić information content (AvgIpc) is 2.95. The highest BCUT2D eigenvalue weighted by Gasteiger charge is 2.42. The second kappa shape index (κ2) is 10.9. The van der Waals surface area contributed by atoms with Crippen LogP contribution < -0.4 is 15.9 Å². The maximum Gasteiger partial charge on any atom is 0.337 e. The Morgan fingerprint density at radius 3 is 1.16 bits per heavy atom. The van der Waals surface area contributed by atoms with E-state index in [-0.39, 0.29) is 0 Å². The molecule has 0 amide bonds. The summed E-state index contributed by atoms with van der Waals surface area (Å²) < 4.78 is 13.6. The van der Waals surface area contributed by atoms with E-state index in [1.54, 1.807) is 0 Å². The van der Waals surface area contributed by atoms with Crippen molar-refractivity contribution < 1.29 is 14.4 Å². The van der Waals surface area contributed by atoms with Crippen molar-refractivity contribution in [2.45, 2.75) is 5.66 Å². The smallest absolute Gasteiger partial charge is 0.324 e. The predicted octanol–water partition coefficient (Wildman–Crippen LogP) is 6.12. The Labute approximate surface area is 218 Å². The fraction of sp³-hybridized carbons (Fsp3) is 0.0312. The van der Waals surface area contributed by atoms with E-state index in [1.807, 2.05) is 115 Å². The van der Waals surface area contributed by atoms with Gasteiger partial charge in [0.15, 0.2) is 0 Å². The third-order valence-electron chi connectivity index (χ3n) is 6.57. The first kappa shape index (κ1) is 25.2. The highest BCUT2D eigenvalue weighted by molar-refractivity contribution is 7.96. The molecule has 0 aliphatic carbocycles. The minimum absolute atomic E-state index is 0.599. The maximum atomic E-state index is 13.6. The Hall–Kier alpha value is -3.45. The van der Waals surface area contributed by atoms with Crippen molar-refractivity contribution in [3.05, 3.63) is 163 Å². The molecule has 0 heterocycles. The minimum Gasteiger partial charge on any atom is -0.324 e. The Morgan fingerprint density at radius 1 is 0.486 bits per heavy atom. The monoisotopic (exact) mass is 522 g/mol. The Balaban J connectivity index is 2.12. The molecule has 0 aromatic heterocycles. The van der Waals surface area contributed by atoms with Gasteiger partial charge in [0.2, 0.25) is 0 Å². The van der Waals surface area contributed by atoms with Crippen LogP contribution in [0.2, 0.25) is 0 Å². The van der Waals surface area contributed by atoms with Gasteiger partial charge < -0.3 is 9.79 Å². The van der Waals surface area contributed by atoms with E-state index in [1.165, 1.54) is 0 Å². The van der Waals surface area contributed by atoms with E-state index in [0.29, 0.717) is 5.56 Å². The van der Waals surface area contributed by atoms with Gasteiger partial charge in [0, 0.05) is 0 Å². The molecule has 0 radical (unpaired) electrons. The minimum atomic E-state index is -4.69. The van der Waals surface area contributed by atoms with Gasteiger partial charge in [-0.3, -0.25) is 4.57 Å². The molecule has 0 spiro atoms. The van der Waals surface area contributed by atoms with Crippen molar-refractivity contribution in [3.63, 3.8) is 0 Å². The molecule has 1 unspecified atom stereocenters. The van der Waals surface area contributed by atoms with Crippen molar-refractivity contribution in [3.8, 4) is 0 Å². The van der Waals surface area contributed by atoms with Crippen molar-refractivity contribution >= 4 is 35.7 Å². The lowest BCUT2D eigenvalue weighted by atomic mass is 10.0. The molecule has 0 saturated heterocycles. The van der Waals surface area contributed by atoms with Gasteiger partial charge in [0.1, 0.15) is 5.66 Å². The van der Waals surface area contributed by atoms with Gasteiger partial charge in [-0.15, -0.1) is 0 Å². The van der Waals surface area contributed by atoms with Gasteiger partial charge in [0.05, 0.1) is 0 Å². The quantitative estimate of drug-likeness (QED) is 0.253. The van der Waals surface area contributed by atoms with Crippen molar-refractivity contribution in [1.29, 1.82) is 0 Å². The second-order valence-corrected chi connectivity index (χ2v) is 13.9. The molecular formula is C32H28O3P2. The molecule has 0 bridgehead atoms. The zero-order valence-corrected chi connectivity index (χ0v) is 22.0. The molecule has 1 atom stereocenters. The summed E-state index contributed by atoms with van der Waals surface area (Å²) in [6, 6.07) is 49.5. The van der Waals surface area contributed by atoms with Crippen LogP contribution in [0.25, 0.3) is 0 Å². The average molecular weight is 523 g/mol. The topological polar surface area (TPSA) is 57.5 Å². The highest BCUT2D eigenvalue weighted by atomic mass is 31.2. The molecule has 2 N–H and O–H groups in total. The van der Waals surface area contributed by atoms with Crippen LogP contribution in [0.15, 0.2) is 152 Å². The van der Waals surface area contributed by atoms with Crippen LogP contribution in [0.3, 0.4) is 0 Å². The van der Waals surface area contributed by atoms with Crippen LogP contribution in [0.5, 0.6) is 0 Å². The first-order valence-corrected chi connectivity index (χ1v) is 15.6. The second-order valence-electron chi connectivity index (χ2n) is 8.83. The van der Waals surface area contributed by atoms with Gasteiger partial charge in [-0.2, -0.15) is 0 Å². The summed E-state index contributed by atoms with van der Waals surface area (Å²) >= 11 is 0. The van der Waals surface area contributed by atoms with Gasteiger partial charge in [-0.1, -0.05) is 152 Å². The van der Waals surface area contributed by atoms with Crippen molar-refractivity contribution in [1.82, 2.24) is 0 Å². The lowest BCUT2D eigenvalue weighted by Crippen LogP contribution is -2.33. The van der Waals surface area contributed by atoms with Crippen molar-refractivity contribution in [2.24, 2.45) is 0 Å². The van der Waals surface area contributed by atoms with Crippen LogP contribution in [-0.2, 0) is 4.57 Å². The molecule has 5 heteroatoms. The summed E-state index contributed by atoms with van der Waals surface area (Å²) in [4.78, 5) is 22.1. The highest BCUT2D eigenvalue weighted by Crippen LogP contribution is 2.60. The summed E-state index contributed by atoms with van der Waals surface area (Å²) in [6.45, 7) is -2.78. The Kier molecular flexibility index (Phi) is 7.42. The Bertz CT molecular complexity index is 1440. The summed E-state index contributed by atoms with van der Waals surface area (Å²) in [6.07, 6.45) is 0. The number of rotatable bonds is 7. The van der Waals surface area contributed by atoms with Crippen LogP contribution in [0.1, 0.15) is 16.8 Å². The zero-order valence-electron chi connectivity index (χ0n) is 20.2. The Morgan fingerprint density at radius 2 is 0.811 bits per heavy atom. The van der Waals surface area contributed by atoms with Gasteiger partial charge in [-0.25, -0.2) is 0 Å². The van der Waals surface area contributed by atoms with Gasteiger partial charge in [-0.05, 0) is 39.2 Å². The largest absolute Gasteiger partial charge is 0.337 e. The lowest BCUT2D eigenvalue weighted by molar-refractivity contribution is 0.368. The fourth-order valence-electron chi connectivity index (χ4n) is 5.11. The van der Waals surface area contributed by atoms with E-state index in [2.05, 4.69) is 36.4 Å². The molecule has 3 nitrogen and oxygen atoms in total. The molecule has 184 valence electrons. The van der Waals surface area contributed by atoms with E-state index in [9.17, 15) is 14.4 Å². The molecule has 5 aromatic carbocycles. The first-order valence-electron chi connectivity index (χ1n) is 12.1. The summed E-state index contributed by atoms with van der Waals surface area (Å²) in [5, 5.41) is 3.87. The van der Waals surface area contributed by atoms with Crippen LogP contribution in [0, 0.1) is 0 Å². The summed E-state index contributed by atoms with van der Waals surface area (Å²) in [5.74, 6) is 0. The zero-order chi connectivity index (χ0) is 25.7. The molecule has 37 heavy (non-hydrogen) atoms. The SMILES string of the molecule is O=P(O)(O)C(C(c1ccccc1)=P(c1ccccc1)(c1ccccc1)c1ccccc1)c1ccccc1. The molecule has 0 aliphatic heterocycles. The molecule has 5 aromatic rings. The van der Waals surface area contributed by atoms with Gasteiger partial charge in [0.25, 0.3) is 0 Å². The van der Waals surface area contributed by atoms with Crippen LogP contribution >= 0.6 is 14.5 Å². The number of benzene rings is 5. The third kappa shape index (κ3) is 4.92. The predicted molar refractivity (Wildman–Crippen MR) is 157 cm³/mol. The number of hydrogen-bond acceptors (Lipinski definition) is 1. The molecule has 0 fully saturated rings. The van der Waals surface area contributed by atoms with E-state index in [0.717, 1.165) is 26.8 Å². The molecular weight excluding hydrogens is 494 g/mol. The van der Waals surface area contributed by atoms with E-state index in [4.69, 9.17) is 0 Å². The molecule has 0 aliphatic rings. The van der Waals surface area contributed by atoms with Crippen LogP contribution in [-0.4, -0.2) is 15.1 Å². The first-order chi connectivity index (χ1) is 18.0. The lowest BCUT2D eigenvalue weighted by Gasteiger charge is -2.37. The molecule has 0 saturated carbocycles. The third-order valence-corrected chi connectivity index (χ3v) is 12.5. The number of hydrogen-bond donors (Lipinski definition) is 2. The van der Waals surface area contributed by atoms with Gasteiger partial charge >= 0.3 is 7.60 Å². The van der Waals surface area contributed by atoms with E-state index >= 15 is 0 Å². The standard InChI is InChI=1S/C32H28O3P2/c33-37(34,35)32(27-18-8-2-9-19-27)31(26-16-6-1-7-17-26)36(28-20-10-3-11-21-28,29-22-12-4-13-23-29)30-24-14-5-15-25-30/h1-25,32H,(H2,33,34,35). The fourth-order valence-corrected chi connectivity index (χ4v) is 11.7.